The molecule has 1 aromatic heterocycles. The van der Waals surface area contributed by atoms with Crippen molar-refractivity contribution in [3.8, 4) is 0 Å². The number of amides is 1. The molecule has 1 atom stereocenters. The van der Waals surface area contributed by atoms with Crippen molar-refractivity contribution < 1.29 is 9.53 Å². The summed E-state index contributed by atoms with van der Waals surface area (Å²) >= 11 is 7.40. The molecule has 3 rings (SSSR count). The molecule has 3 aromatic rings. The zero-order valence-electron chi connectivity index (χ0n) is 14.6. The Morgan fingerprint density at radius 2 is 2.12 bits per heavy atom. The van der Waals surface area contributed by atoms with E-state index in [0.717, 1.165) is 16.2 Å². The number of imidazole rings is 1. The number of anilines is 1. The van der Waals surface area contributed by atoms with Crippen molar-refractivity contribution >= 4 is 46.0 Å². The average Bonchev–Trinajstić information content (AvgIpc) is 2.97. The summed E-state index contributed by atoms with van der Waals surface area (Å²) in [7, 11) is 1.67. The fourth-order valence-electron chi connectivity index (χ4n) is 2.56. The highest BCUT2D eigenvalue weighted by Gasteiger charge is 2.19. The Hall–Kier alpha value is -2.02. The summed E-state index contributed by atoms with van der Waals surface area (Å²) in [5, 5.41) is 3.97. The van der Waals surface area contributed by atoms with E-state index in [-0.39, 0.29) is 11.2 Å². The number of nitrogens with one attached hydrogen (secondary N) is 1. The van der Waals surface area contributed by atoms with Crippen LogP contribution < -0.4 is 5.32 Å². The van der Waals surface area contributed by atoms with E-state index in [1.807, 2.05) is 37.3 Å². The summed E-state index contributed by atoms with van der Waals surface area (Å²) in [5.41, 5.74) is 2.63. The maximum Gasteiger partial charge on any atom is 0.237 e. The van der Waals surface area contributed by atoms with Gasteiger partial charge >= 0.3 is 0 Å². The second kappa shape index (κ2) is 8.58. The minimum Gasteiger partial charge on any atom is -0.383 e. The summed E-state index contributed by atoms with van der Waals surface area (Å²) in [6, 6.07) is 15.1. The zero-order chi connectivity index (χ0) is 18.5. The molecule has 0 radical (unpaired) electrons. The molecule has 7 heteroatoms. The Kier molecular flexibility index (Phi) is 6.19. The molecule has 0 saturated carbocycles. The van der Waals surface area contributed by atoms with Gasteiger partial charge in [-0.15, -0.1) is 0 Å². The van der Waals surface area contributed by atoms with Crippen LogP contribution in [0.1, 0.15) is 6.92 Å². The third kappa shape index (κ3) is 4.38. The highest BCUT2D eigenvalue weighted by atomic mass is 35.5. The third-order valence-corrected chi connectivity index (χ3v) is 5.21. The van der Waals surface area contributed by atoms with Gasteiger partial charge in [-0.2, -0.15) is 0 Å². The summed E-state index contributed by atoms with van der Waals surface area (Å²) < 4.78 is 7.30. The number of aromatic nitrogens is 2. The highest BCUT2D eigenvalue weighted by molar-refractivity contribution is 8.00. The second-order valence-electron chi connectivity index (χ2n) is 5.79. The molecular weight excluding hydrogens is 370 g/mol. The van der Waals surface area contributed by atoms with Crippen molar-refractivity contribution in [2.24, 2.45) is 0 Å². The molecule has 0 aliphatic rings. The van der Waals surface area contributed by atoms with Crippen LogP contribution in [0.3, 0.4) is 0 Å². The quantitative estimate of drug-likeness (QED) is 0.606. The van der Waals surface area contributed by atoms with Gasteiger partial charge in [-0.1, -0.05) is 41.6 Å². The normalized spacial score (nSPS) is 12.3. The molecule has 0 fully saturated rings. The molecule has 1 heterocycles. The van der Waals surface area contributed by atoms with Crippen LogP contribution in [0.2, 0.25) is 5.02 Å². The molecule has 26 heavy (non-hydrogen) atoms. The average molecular weight is 390 g/mol. The first-order valence-electron chi connectivity index (χ1n) is 8.26. The first kappa shape index (κ1) is 18.8. The molecule has 0 aliphatic carbocycles. The van der Waals surface area contributed by atoms with Gasteiger partial charge < -0.3 is 14.6 Å². The van der Waals surface area contributed by atoms with Gasteiger partial charge in [0.2, 0.25) is 5.91 Å². The zero-order valence-corrected chi connectivity index (χ0v) is 16.2. The van der Waals surface area contributed by atoms with E-state index >= 15 is 0 Å². The van der Waals surface area contributed by atoms with Crippen molar-refractivity contribution in [3.05, 3.63) is 53.6 Å². The number of benzene rings is 2. The van der Waals surface area contributed by atoms with Gasteiger partial charge in [-0.3, -0.25) is 4.79 Å². The van der Waals surface area contributed by atoms with Crippen molar-refractivity contribution in [2.45, 2.75) is 23.9 Å². The van der Waals surface area contributed by atoms with E-state index in [2.05, 4.69) is 14.9 Å². The van der Waals surface area contributed by atoms with Crippen LogP contribution in [-0.2, 0) is 16.1 Å². The van der Waals surface area contributed by atoms with Gasteiger partial charge in [0, 0.05) is 24.4 Å². The Bertz CT molecular complexity index is 913. The number of thioether (sulfide) groups is 1. The number of nitrogens with zero attached hydrogens (tertiary/aromatic N) is 2. The van der Waals surface area contributed by atoms with Gasteiger partial charge in [-0.05, 0) is 37.3 Å². The number of halogens is 1. The highest BCUT2D eigenvalue weighted by Crippen LogP contribution is 2.28. The molecule has 1 unspecified atom stereocenters. The van der Waals surface area contributed by atoms with Crippen molar-refractivity contribution in [3.63, 3.8) is 0 Å². The molecule has 1 amide bonds. The second-order valence-corrected chi connectivity index (χ2v) is 7.53. The number of fused-ring (bicyclic) bond motifs is 1. The molecule has 0 aliphatic heterocycles. The summed E-state index contributed by atoms with van der Waals surface area (Å²) in [6.45, 7) is 3.13. The lowest BCUT2D eigenvalue weighted by Crippen LogP contribution is -2.23. The molecule has 136 valence electrons. The Morgan fingerprint density at radius 3 is 2.88 bits per heavy atom. The predicted molar refractivity (Wildman–Crippen MR) is 107 cm³/mol. The number of ether oxygens (including phenoxy) is 1. The van der Waals surface area contributed by atoms with E-state index in [9.17, 15) is 4.79 Å². The van der Waals surface area contributed by atoms with Gasteiger partial charge in [0.15, 0.2) is 5.16 Å². The first-order chi connectivity index (χ1) is 12.6. The van der Waals surface area contributed by atoms with E-state index < -0.39 is 0 Å². The van der Waals surface area contributed by atoms with Crippen LogP contribution in [0, 0.1) is 0 Å². The predicted octanol–water partition coefficient (Wildman–Crippen LogP) is 4.46. The minimum absolute atomic E-state index is 0.0948. The number of hydrogen-bond acceptors (Lipinski definition) is 4. The molecule has 5 nitrogen and oxygen atoms in total. The Labute approximate surface area is 161 Å². The number of methoxy groups -OCH3 is 1. The lowest BCUT2D eigenvalue weighted by Gasteiger charge is -2.13. The number of para-hydroxylation sites is 2. The largest absolute Gasteiger partial charge is 0.383 e. The van der Waals surface area contributed by atoms with Crippen LogP contribution in [0.5, 0.6) is 0 Å². The Balaban J connectivity index is 1.77. The number of rotatable bonds is 7. The van der Waals surface area contributed by atoms with Gasteiger partial charge in [0.25, 0.3) is 0 Å². The van der Waals surface area contributed by atoms with Crippen LogP contribution >= 0.6 is 23.4 Å². The SMILES string of the molecule is COCCn1c(SC(C)C(=O)Nc2cccc(Cl)c2)nc2ccccc21. The summed E-state index contributed by atoms with van der Waals surface area (Å²) in [5.74, 6) is -0.0948. The smallest absolute Gasteiger partial charge is 0.237 e. The van der Waals surface area contributed by atoms with E-state index in [1.165, 1.54) is 11.8 Å². The maximum atomic E-state index is 12.5. The minimum atomic E-state index is -0.313. The van der Waals surface area contributed by atoms with Crippen LogP contribution in [0.25, 0.3) is 11.0 Å². The summed E-state index contributed by atoms with van der Waals surface area (Å²) in [6.07, 6.45) is 0. The van der Waals surface area contributed by atoms with Gasteiger partial charge in [0.1, 0.15) is 0 Å². The Morgan fingerprint density at radius 1 is 1.31 bits per heavy atom. The van der Waals surface area contributed by atoms with Crippen LogP contribution in [-0.4, -0.2) is 34.4 Å². The fourth-order valence-corrected chi connectivity index (χ4v) is 3.70. The van der Waals surface area contributed by atoms with Gasteiger partial charge in [0.05, 0.1) is 22.9 Å². The maximum absolute atomic E-state index is 12.5. The molecular formula is C19H20ClN3O2S. The first-order valence-corrected chi connectivity index (χ1v) is 9.51. The lowest BCUT2D eigenvalue weighted by molar-refractivity contribution is -0.115. The topological polar surface area (TPSA) is 56.1 Å². The van der Waals surface area contributed by atoms with Crippen molar-refractivity contribution in [1.82, 2.24) is 9.55 Å². The standard InChI is InChI=1S/C19H20ClN3O2S/c1-13(18(24)21-15-7-5-6-14(20)12-15)26-19-22-16-8-3-4-9-17(16)23(19)10-11-25-2/h3-9,12-13H,10-11H2,1-2H3,(H,21,24). The molecule has 0 bridgehead atoms. The van der Waals surface area contributed by atoms with Crippen molar-refractivity contribution in [2.75, 3.05) is 19.0 Å². The fraction of sp³-hybridized carbons (Fsp3) is 0.263. The number of hydrogen-bond donors (Lipinski definition) is 1. The van der Waals surface area contributed by atoms with E-state index in [0.29, 0.717) is 23.9 Å². The number of carbonyl (C=O) groups is 1. The van der Waals surface area contributed by atoms with Crippen molar-refractivity contribution in [1.29, 1.82) is 0 Å². The molecule has 0 spiro atoms. The van der Waals surface area contributed by atoms with Crippen LogP contribution in [0.4, 0.5) is 5.69 Å². The molecule has 0 saturated heterocycles. The van der Waals surface area contributed by atoms with E-state index in [1.54, 1.807) is 25.3 Å². The summed E-state index contributed by atoms with van der Waals surface area (Å²) in [4.78, 5) is 17.2. The molecule has 2 aromatic carbocycles. The van der Waals surface area contributed by atoms with Gasteiger partial charge in [-0.25, -0.2) is 4.98 Å². The molecule has 1 N–H and O–H groups in total. The third-order valence-electron chi connectivity index (χ3n) is 3.88. The monoisotopic (exact) mass is 389 g/mol. The number of carbonyl (C=O) groups excluding carboxylic acids is 1. The van der Waals surface area contributed by atoms with Crippen LogP contribution in [0.15, 0.2) is 53.7 Å². The van der Waals surface area contributed by atoms with E-state index in [4.69, 9.17) is 16.3 Å². The lowest BCUT2D eigenvalue weighted by atomic mass is 10.3.